The molecule has 5 nitrogen and oxygen atoms in total. The second kappa shape index (κ2) is 10.6. The second-order valence-corrected chi connectivity index (χ2v) is 4.66. The third kappa shape index (κ3) is 7.70. The number of rotatable bonds is 9. The summed E-state index contributed by atoms with van der Waals surface area (Å²) in [6.07, 6.45) is 2.77. The zero-order valence-electron chi connectivity index (χ0n) is 12.5. The highest BCUT2D eigenvalue weighted by atomic mass is 16.6. The molecule has 5 heteroatoms. The largest absolute Gasteiger partial charge is 0.464 e. The Kier molecular flexibility index (Phi) is 9.94. The molecule has 0 fully saturated rings. The Hall–Kier alpha value is -1.26. The Bertz CT molecular complexity index is 268. The number of amides is 1. The minimum absolute atomic E-state index is 0.0167. The molecule has 0 aromatic heterocycles. The SMILES string of the molecule is CCCCOC(=O)N[C@H](C(=O)OCCC)C(C)CC. The molecule has 0 aliphatic carbocycles. The van der Waals surface area contributed by atoms with Crippen LogP contribution >= 0.6 is 0 Å². The van der Waals surface area contributed by atoms with Crippen LogP contribution in [-0.4, -0.2) is 31.3 Å². The molecular formula is C14H27NO4. The lowest BCUT2D eigenvalue weighted by atomic mass is 9.99. The first-order chi connectivity index (χ1) is 9.06. The number of alkyl carbamates (subject to hydrolysis) is 1. The molecule has 0 aliphatic heterocycles. The number of ether oxygens (including phenoxy) is 2. The summed E-state index contributed by atoms with van der Waals surface area (Å²) in [6, 6.07) is -0.634. The third-order valence-corrected chi connectivity index (χ3v) is 2.92. The number of carbonyl (C=O) groups excluding carboxylic acids is 2. The molecule has 0 aromatic carbocycles. The van der Waals surface area contributed by atoms with Crippen molar-refractivity contribution in [1.29, 1.82) is 0 Å². The number of carbonyl (C=O) groups is 2. The molecule has 0 saturated carbocycles. The van der Waals surface area contributed by atoms with Gasteiger partial charge in [-0.3, -0.25) is 0 Å². The van der Waals surface area contributed by atoms with Crippen LogP contribution in [0.3, 0.4) is 0 Å². The molecule has 112 valence electrons. The summed E-state index contributed by atoms with van der Waals surface area (Å²) in [5.74, 6) is -0.369. The van der Waals surface area contributed by atoms with E-state index in [4.69, 9.17) is 9.47 Å². The first kappa shape index (κ1) is 17.7. The summed E-state index contributed by atoms with van der Waals surface area (Å²) in [7, 11) is 0. The quantitative estimate of drug-likeness (QED) is 0.518. The number of unbranched alkanes of at least 4 members (excludes halogenated alkanes) is 1. The predicted octanol–water partition coefficient (Wildman–Crippen LogP) is 2.88. The minimum atomic E-state index is -0.634. The maximum atomic E-state index is 11.9. The van der Waals surface area contributed by atoms with Crippen LogP contribution in [0.15, 0.2) is 0 Å². The zero-order valence-corrected chi connectivity index (χ0v) is 12.5. The molecular weight excluding hydrogens is 246 g/mol. The minimum Gasteiger partial charge on any atom is -0.464 e. The Labute approximate surface area is 116 Å². The van der Waals surface area contributed by atoms with Gasteiger partial charge in [-0.15, -0.1) is 0 Å². The van der Waals surface area contributed by atoms with Gasteiger partial charge in [-0.2, -0.15) is 0 Å². The first-order valence-electron chi connectivity index (χ1n) is 7.16. The summed E-state index contributed by atoms with van der Waals surface area (Å²) in [5.41, 5.74) is 0. The van der Waals surface area contributed by atoms with Crippen LogP contribution in [0.5, 0.6) is 0 Å². The second-order valence-electron chi connectivity index (χ2n) is 4.66. The summed E-state index contributed by atoms with van der Waals surface area (Å²) in [4.78, 5) is 23.5. The number of esters is 1. The first-order valence-corrected chi connectivity index (χ1v) is 7.16. The van der Waals surface area contributed by atoms with Crippen molar-refractivity contribution in [3.05, 3.63) is 0 Å². The average Bonchev–Trinajstić information content (AvgIpc) is 2.41. The molecule has 2 atom stereocenters. The predicted molar refractivity (Wildman–Crippen MR) is 73.9 cm³/mol. The molecule has 0 spiro atoms. The molecule has 0 radical (unpaired) electrons. The van der Waals surface area contributed by atoms with Gasteiger partial charge in [-0.05, 0) is 18.8 Å². The van der Waals surface area contributed by atoms with Crippen molar-refractivity contribution in [3.63, 3.8) is 0 Å². The van der Waals surface area contributed by atoms with Crippen molar-refractivity contribution in [2.45, 2.75) is 59.4 Å². The van der Waals surface area contributed by atoms with E-state index in [2.05, 4.69) is 5.32 Å². The van der Waals surface area contributed by atoms with E-state index in [0.29, 0.717) is 13.2 Å². The van der Waals surface area contributed by atoms with E-state index in [1.54, 1.807) is 0 Å². The molecule has 19 heavy (non-hydrogen) atoms. The highest BCUT2D eigenvalue weighted by Gasteiger charge is 2.27. The van der Waals surface area contributed by atoms with E-state index in [1.807, 2.05) is 27.7 Å². The monoisotopic (exact) mass is 273 g/mol. The van der Waals surface area contributed by atoms with Crippen LogP contribution in [0.4, 0.5) is 4.79 Å². The third-order valence-electron chi connectivity index (χ3n) is 2.92. The summed E-state index contributed by atoms with van der Waals surface area (Å²) in [6.45, 7) is 8.57. The van der Waals surface area contributed by atoms with E-state index >= 15 is 0 Å². The van der Waals surface area contributed by atoms with E-state index < -0.39 is 12.1 Å². The van der Waals surface area contributed by atoms with Crippen molar-refractivity contribution < 1.29 is 19.1 Å². The fraction of sp³-hybridized carbons (Fsp3) is 0.857. The number of nitrogens with one attached hydrogen (secondary N) is 1. The van der Waals surface area contributed by atoms with Crippen molar-refractivity contribution >= 4 is 12.1 Å². The maximum Gasteiger partial charge on any atom is 0.407 e. The van der Waals surface area contributed by atoms with Gasteiger partial charge in [0.15, 0.2) is 0 Å². The molecule has 1 unspecified atom stereocenters. The van der Waals surface area contributed by atoms with Gasteiger partial charge in [-0.1, -0.05) is 40.5 Å². The summed E-state index contributed by atoms with van der Waals surface area (Å²) >= 11 is 0. The van der Waals surface area contributed by atoms with Crippen molar-refractivity contribution in [2.24, 2.45) is 5.92 Å². The van der Waals surface area contributed by atoms with E-state index in [0.717, 1.165) is 25.7 Å². The molecule has 1 N–H and O–H groups in total. The van der Waals surface area contributed by atoms with E-state index in [1.165, 1.54) is 0 Å². The highest BCUT2D eigenvalue weighted by molar-refractivity contribution is 5.81. The zero-order chi connectivity index (χ0) is 14.7. The van der Waals surface area contributed by atoms with E-state index in [-0.39, 0.29) is 11.9 Å². The van der Waals surface area contributed by atoms with E-state index in [9.17, 15) is 9.59 Å². The van der Waals surface area contributed by atoms with Crippen LogP contribution in [0.2, 0.25) is 0 Å². The Morgan fingerprint density at radius 3 is 2.26 bits per heavy atom. The maximum absolute atomic E-state index is 11.9. The van der Waals surface area contributed by atoms with Crippen LogP contribution in [-0.2, 0) is 14.3 Å². The average molecular weight is 273 g/mol. The standard InChI is InChI=1S/C14H27NO4/c1-5-8-10-19-14(17)15-12(11(4)7-3)13(16)18-9-6-2/h11-12H,5-10H2,1-4H3,(H,15,17)/t11?,12-/m0/s1. The Morgan fingerprint density at radius 2 is 1.74 bits per heavy atom. The molecule has 0 bridgehead atoms. The molecule has 0 rings (SSSR count). The van der Waals surface area contributed by atoms with Gasteiger partial charge in [0.05, 0.1) is 13.2 Å². The van der Waals surface area contributed by atoms with Crippen LogP contribution < -0.4 is 5.32 Å². The van der Waals surface area contributed by atoms with Crippen LogP contribution in [0.1, 0.15) is 53.4 Å². The number of hydrogen-bond acceptors (Lipinski definition) is 4. The van der Waals surface area contributed by atoms with Crippen LogP contribution in [0.25, 0.3) is 0 Å². The fourth-order valence-electron chi connectivity index (χ4n) is 1.44. The molecule has 1 amide bonds. The lowest BCUT2D eigenvalue weighted by Crippen LogP contribution is -2.46. The van der Waals surface area contributed by atoms with Crippen molar-refractivity contribution in [3.8, 4) is 0 Å². The molecule has 0 aliphatic rings. The van der Waals surface area contributed by atoms with Gasteiger partial charge in [0, 0.05) is 0 Å². The molecule has 0 aromatic rings. The molecule has 0 saturated heterocycles. The fourth-order valence-corrected chi connectivity index (χ4v) is 1.44. The summed E-state index contributed by atoms with van der Waals surface area (Å²) < 4.78 is 10.1. The van der Waals surface area contributed by atoms with Gasteiger partial charge >= 0.3 is 12.1 Å². The topological polar surface area (TPSA) is 64.6 Å². The van der Waals surface area contributed by atoms with Gasteiger partial charge in [-0.25, -0.2) is 9.59 Å². The Morgan fingerprint density at radius 1 is 1.05 bits per heavy atom. The smallest absolute Gasteiger partial charge is 0.407 e. The molecule has 0 heterocycles. The van der Waals surface area contributed by atoms with Gasteiger partial charge in [0.25, 0.3) is 0 Å². The normalized spacial score (nSPS) is 13.5. The number of hydrogen-bond donors (Lipinski definition) is 1. The Balaban J connectivity index is 4.34. The van der Waals surface area contributed by atoms with Gasteiger partial charge < -0.3 is 14.8 Å². The van der Waals surface area contributed by atoms with Crippen molar-refractivity contribution in [2.75, 3.05) is 13.2 Å². The summed E-state index contributed by atoms with van der Waals surface area (Å²) in [5, 5.41) is 2.60. The lowest BCUT2D eigenvalue weighted by Gasteiger charge is -2.22. The van der Waals surface area contributed by atoms with Crippen molar-refractivity contribution in [1.82, 2.24) is 5.32 Å². The van der Waals surface area contributed by atoms with Gasteiger partial charge in [0.2, 0.25) is 0 Å². The lowest BCUT2D eigenvalue weighted by molar-refractivity contribution is -0.147. The van der Waals surface area contributed by atoms with Crippen LogP contribution in [0, 0.1) is 5.92 Å². The van der Waals surface area contributed by atoms with Gasteiger partial charge in [0.1, 0.15) is 6.04 Å². The highest BCUT2D eigenvalue weighted by Crippen LogP contribution is 2.10.